The summed E-state index contributed by atoms with van der Waals surface area (Å²) in [5, 5.41) is 11.8. The Morgan fingerprint density at radius 1 is 1.32 bits per heavy atom. The SMILES string of the molecule is CC(CCNC(=O)OCc1ccccc1)CC(C)(C)CCO. The number of alkyl carbamates (subject to hydrolysis) is 1. The summed E-state index contributed by atoms with van der Waals surface area (Å²) in [6, 6.07) is 9.64. The van der Waals surface area contributed by atoms with Crippen LogP contribution < -0.4 is 5.32 Å². The van der Waals surface area contributed by atoms with Crippen molar-refractivity contribution in [3.05, 3.63) is 35.9 Å². The van der Waals surface area contributed by atoms with Gasteiger partial charge in [-0.1, -0.05) is 51.1 Å². The molecule has 1 aromatic rings. The molecular formula is C18H29NO3. The van der Waals surface area contributed by atoms with E-state index in [0.29, 0.717) is 19.1 Å². The lowest BCUT2D eigenvalue weighted by Crippen LogP contribution is -2.27. The number of rotatable bonds is 9. The van der Waals surface area contributed by atoms with Crippen LogP contribution in [0, 0.1) is 11.3 Å². The van der Waals surface area contributed by atoms with Crippen LogP contribution in [0.15, 0.2) is 30.3 Å². The first kappa shape index (κ1) is 18.5. The normalized spacial score (nSPS) is 12.7. The van der Waals surface area contributed by atoms with Crippen LogP contribution in [0.2, 0.25) is 0 Å². The number of carbonyl (C=O) groups excluding carboxylic acids is 1. The summed E-state index contributed by atoms with van der Waals surface area (Å²) in [7, 11) is 0. The van der Waals surface area contributed by atoms with Crippen molar-refractivity contribution in [2.45, 2.75) is 46.6 Å². The topological polar surface area (TPSA) is 58.6 Å². The quantitative estimate of drug-likeness (QED) is 0.730. The van der Waals surface area contributed by atoms with Gasteiger partial charge in [0, 0.05) is 13.2 Å². The predicted octanol–water partition coefficient (Wildman–Crippen LogP) is 3.74. The highest BCUT2D eigenvalue weighted by atomic mass is 16.5. The standard InChI is InChI=1S/C18H29NO3/c1-15(13-18(2,3)10-12-20)9-11-19-17(21)22-14-16-7-5-4-6-8-16/h4-8,15,20H,9-14H2,1-3H3,(H,19,21). The Morgan fingerprint density at radius 2 is 2.00 bits per heavy atom. The molecule has 0 spiro atoms. The van der Waals surface area contributed by atoms with E-state index in [1.807, 2.05) is 30.3 Å². The molecule has 0 bridgehead atoms. The van der Waals surface area contributed by atoms with E-state index < -0.39 is 0 Å². The minimum absolute atomic E-state index is 0.141. The highest BCUT2D eigenvalue weighted by Crippen LogP contribution is 2.29. The Morgan fingerprint density at radius 3 is 2.64 bits per heavy atom. The van der Waals surface area contributed by atoms with Gasteiger partial charge in [0.15, 0.2) is 0 Å². The van der Waals surface area contributed by atoms with E-state index in [4.69, 9.17) is 9.84 Å². The Kier molecular flexibility index (Phi) is 7.96. The van der Waals surface area contributed by atoms with Crippen LogP contribution >= 0.6 is 0 Å². The number of benzene rings is 1. The van der Waals surface area contributed by atoms with Crippen molar-refractivity contribution in [3.8, 4) is 0 Å². The molecule has 0 aliphatic carbocycles. The van der Waals surface area contributed by atoms with Crippen LogP contribution in [0.5, 0.6) is 0 Å². The minimum Gasteiger partial charge on any atom is -0.445 e. The largest absolute Gasteiger partial charge is 0.445 e. The average molecular weight is 307 g/mol. The number of aliphatic hydroxyl groups excluding tert-OH is 1. The van der Waals surface area contributed by atoms with Gasteiger partial charge in [0.05, 0.1) is 0 Å². The number of carbonyl (C=O) groups is 1. The fourth-order valence-corrected chi connectivity index (χ4v) is 2.64. The molecule has 1 unspecified atom stereocenters. The van der Waals surface area contributed by atoms with Crippen LogP contribution in [-0.2, 0) is 11.3 Å². The van der Waals surface area contributed by atoms with Crippen molar-refractivity contribution in [3.63, 3.8) is 0 Å². The van der Waals surface area contributed by atoms with Crippen LogP contribution in [0.4, 0.5) is 4.79 Å². The molecule has 1 aromatic carbocycles. The minimum atomic E-state index is -0.370. The first-order valence-corrected chi connectivity index (χ1v) is 7.98. The molecular weight excluding hydrogens is 278 g/mol. The lowest BCUT2D eigenvalue weighted by Gasteiger charge is -2.27. The Balaban J connectivity index is 2.16. The lowest BCUT2D eigenvalue weighted by molar-refractivity contribution is 0.138. The molecule has 0 saturated heterocycles. The van der Waals surface area contributed by atoms with Crippen molar-refractivity contribution in [2.24, 2.45) is 11.3 Å². The van der Waals surface area contributed by atoms with Crippen molar-refractivity contribution in [2.75, 3.05) is 13.2 Å². The fraction of sp³-hybridized carbons (Fsp3) is 0.611. The molecule has 0 aromatic heterocycles. The molecule has 0 aliphatic heterocycles. The maximum absolute atomic E-state index is 11.6. The Hall–Kier alpha value is -1.55. The van der Waals surface area contributed by atoms with E-state index in [0.717, 1.165) is 24.8 Å². The monoisotopic (exact) mass is 307 g/mol. The zero-order valence-corrected chi connectivity index (χ0v) is 14.0. The average Bonchev–Trinajstić information content (AvgIpc) is 2.45. The molecule has 2 N–H and O–H groups in total. The molecule has 4 heteroatoms. The summed E-state index contributed by atoms with van der Waals surface area (Å²) in [4.78, 5) is 11.6. The first-order valence-electron chi connectivity index (χ1n) is 7.98. The summed E-state index contributed by atoms with van der Waals surface area (Å²) in [6.07, 6.45) is 2.39. The van der Waals surface area contributed by atoms with E-state index in [9.17, 15) is 4.79 Å². The third-order valence-corrected chi connectivity index (χ3v) is 3.81. The molecule has 1 amide bonds. The number of ether oxygens (including phenoxy) is 1. The summed E-state index contributed by atoms with van der Waals surface area (Å²) >= 11 is 0. The Bertz CT molecular complexity index is 431. The van der Waals surface area contributed by atoms with Gasteiger partial charge in [-0.25, -0.2) is 4.79 Å². The summed E-state index contributed by atoms with van der Waals surface area (Å²) in [6.45, 7) is 7.65. The van der Waals surface area contributed by atoms with E-state index in [-0.39, 0.29) is 18.1 Å². The highest BCUT2D eigenvalue weighted by Gasteiger charge is 2.20. The fourth-order valence-electron chi connectivity index (χ4n) is 2.64. The zero-order chi connectivity index (χ0) is 16.4. The van der Waals surface area contributed by atoms with Crippen LogP contribution in [0.25, 0.3) is 0 Å². The van der Waals surface area contributed by atoms with Crippen molar-refractivity contribution >= 4 is 6.09 Å². The molecule has 124 valence electrons. The molecule has 4 nitrogen and oxygen atoms in total. The van der Waals surface area contributed by atoms with Gasteiger partial charge < -0.3 is 15.2 Å². The smallest absolute Gasteiger partial charge is 0.407 e. The molecule has 0 radical (unpaired) electrons. The van der Waals surface area contributed by atoms with Crippen molar-refractivity contribution < 1.29 is 14.6 Å². The summed E-state index contributed by atoms with van der Waals surface area (Å²) in [5.74, 6) is 0.496. The van der Waals surface area contributed by atoms with E-state index in [2.05, 4.69) is 26.1 Å². The number of hydrogen-bond donors (Lipinski definition) is 2. The highest BCUT2D eigenvalue weighted by molar-refractivity contribution is 5.67. The number of amides is 1. The van der Waals surface area contributed by atoms with Crippen LogP contribution in [0.1, 0.15) is 45.6 Å². The third kappa shape index (κ3) is 8.03. The van der Waals surface area contributed by atoms with Gasteiger partial charge in [0.2, 0.25) is 0 Å². The van der Waals surface area contributed by atoms with E-state index in [1.54, 1.807) is 0 Å². The maximum Gasteiger partial charge on any atom is 0.407 e. The lowest BCUT2D eigenvalue weighted by atomic mass is 9.80. The second-order valence-electron chi connectivity index (χ2n) is 6.72. The molecule has 0 fully saturated rings. The van der Waals surface area contributed by atoms with Gasteiger partial charge in [-0.05, 0) is 36.2 Å². The molecule has 22 heavy (non-hydrogen) atoms. The second kappa shape index (κ2) is 9.46. The van der Waals surface area contributed by atoms with Gasteiger partial charge in [-0.2, -0.15) is 0 Å². The predicted molar refractivity (Wildman–Crippen MR) is 88.5 cm³/mol. The van der Waals surface area contributed by atoms with Gasteiger partial charge >= 0.3 is 6.09 Å². The third-order valence-electron chi connectivity index (χ3n) is 3.81. The second-order valence-corrected chi connectivity index (χ2v) is 6.72. The van der Waals surface area contributed by atoms with Crippen molar-refractivity contribution in [1.82, 2.24) is 5.32 Å². The van der Waals surface area contributed by atoms with Gasteiger partial charge in [0.25, 0.3) is 0 Å². The van der Waals surface area contributed by atoms with Gasteiger partial charge in [-0.15, -0.1) is 0 Å². The number of hydrogen-bond acceptors (Lipinski definition) is 3. The first-order chi connectivity index (χ1) is 10.4. The molecule has 1 atom stereocenters. The molecule has 0 heterocycles. The van der Waals surface area contributed by atoms with E-state index >= 15 is 0 Å². The van der Waals surface area contributed by atoms with E-state index in [1.165, 1.54) is 0 Å². The van der Waals surface area contributed by atoms with Crippen LogP contribution in [-0.4, -0.2) is 24.4 Å². The molecule has 0 aliphatic rings. The summed E-state index contributed by atoms with van der Waals surface area (Å²) in [5.41, 5.74) is 1.12. The van der Waals surface area contributed by atoms with Crippen LogP contribution in [0.3, 0.4) is 0 Å². The summed E-state index contributed by atoms with van der Waals surface area (Å²) < 4.78 is 5.17. The Labute approximate surface area is 133 Å². The maximum atomic E-state index is 11.6. The van der Waals surface area contributed by atoms with Gasteiger partial charge in [-0.3, -0.25) is 0 Å². The zero-order valence-electron chi connectivity index (χ0n) is 14.0. The number of nitrogens with one attached hydrogen (secondary N) is 1. The molecule has 0 saturated carbocycles. The van der Waals surface area contributed by atoms with Gasteiger partial charge in [0.1, 0.15) is 6.61 Å². The van der Waals surface area contributed by atoms with Crippen molar-refractivity contribution in [1.29, 1.82) is 0 Å². The number of aliphatic hydroxyl groups is 1. The molecule has 1 rings (SSSR count).